The predicted molar refractivity (Wildman–Crippen MR) is 66.7 cm³/mol. The van der Waals surface area contributed by atoms with Gasteiger partial charge in [0.2, 0.25) is 0 Å². The van der Waals surface area contributed by atoms with E-state index in [2.05, 4.69) is 13.8 Å². The molecule has 1 fully saturated rings. The van der Waals surface area contributed by atoms with Gasteiger partial charge in [0.25, 0.3) is 0 Å². The van der Waals surface area contributed by atoms with Crippen LogP contribution >= 0.6 is 0 Å². The number of nitrogens with zero attached hydrogens (tertiary/aromatic N) is 2. The first kappa shape index (κ1) is 13.7. The van der Waals surface area contributed by atoms with Crippen molar-refractivity contribution in [2.75, 3.05) is 18.0 Å². The first-order valence-electron chi connectivity index (χ1n) is 6.19. The number of benzene rings is 1. The first-order chi connectivity index (χ1) is 8.82. The molecular weight excluding hydrogens is 253 g/mol. The Labute approximate surface area is 110 Å². The molecule has 0 saturated carbocycles. The smallest absolute Gasteiger partial charge is 0.371 e. The Bertz CT molecular complexity index is 506. The molecule has 0 spiro atoms. The van der Waals surface area contributed by atoms with Gasteiger partial charge in [0.1, 0.15) is 0 Å². The highest BCUT2D eigenvalue weighted by molar-refractivity contribution is 5.55. The zero-order chi connectivity index (χ0) is 14.2. The molecular formula is C14H15F3N2. The van der Waals surface area contributed by atoms with E-state index in [4.69, 9.17) is 5.26 Å². The van der Waals surface area contributed by atoms with Crippen LogP contribution < -0.4 is 4.90 Å². The van der Waals surface area contributed by atoms with Gasteiger partial charge in [-0.25, -0.2) is 0 Å². The van der Waals surface area contributed by atoms with Gasteiger partial charge in [0.05, 0.1) is 17.2 Å². The second-order valence-corrected chi connectivity index (χ2v) is 5.20. The minimum atomic E-state index is -4.49. The fraction of sp³-hybridized carbons (Fsp3) is 0.500. The molecule has 2 unspecified atom stereocenters. The average molecular weight is 268 g/mol. The van der Waals surface area contributed by atoms with Crippen molar-refractivity contribution in [3.05, 3.63) is 29.3 Å². The number of rotatable bonds is 1. The lowest BCUT2D eigenvalue weighted by atomic mass is 10.0. The van der Waals surface area contributed by atoms with E-state index < -0.39 is 11.7 Å². The highest BCUT2D eigenvalue weighted by Crippen LogP contribution is 2.36. The van der Waals surface area contributed by atoms with E-state index in [1.54, 1.807) is 12.1 Å². The molecule has 2 nitrogen and oxygen atoms in total. The Balaban J connectivity index is 2.37. The van der Waals surface area contributed by atoms with Crippen LogP contribution in [-0.2, 0) is 6.18 Å². The van der Waals surface area contributed by atoms with Crippen molar-refractivity contribution in [1.82, 2.24) is 0 Å². The van der Waals surface area contributed by atoms with Crippen molar-refractivity contribution in [3.8, 4) is 6.07 Å². The highest BCUT2D eigenvalue weighted by Gasteiger charge is 2.35. The van der Waals surface area contributed by atoms with E-state index in [0.717, 1.165) is 19.2 Å². The van der Waals surface area contributed by atoms with Gasteiger partial charge in [-0.15, -0.1) is 0 Å². The molecule has 0 aliphatic carbocycles. The van der Waals surface area contributed by atoms with Crippen LogP contribution in [0.1, 0.15) is 25.0 Å². The van der Waals surface area contributed by atoms with E-state index >= 15 is 0 Å². The molecule has 1 aliphatic heterocycles. The Hall–Kier alpha value is -1.70. The van der Waals surface area contributed by atoms with E-state index in [9.17, 15) is 13.2 Å². The lowest BCUT2D eigenvalue weighted by molar-refractivity contribution is -0.137. The zero-order valence-corrected chi connectivity index (χ0v) is 10.8. The molecule has 1 aliphatic rings. The molecule has 5 heteroatoms. The lowest BCUT2D eigenvalue weighted by Crippen LogP contribution is -2.20. The van der Waals surface area contributed by atoms with Crippen LogP contribution in [0.4, 0.5) is 18.9 Å². The summed E-state index contributed by atoms with van der Waals surface area (Å²) >= 11 is 0. The van der Waals surface area contributed by atoms with Gasteiger partial charge in [-0.3, -0.25) is 0 Å². The summed E-state index contributed by atoms with van der Waals surface area (Å²) in [7, 11) is 0. The molecule has 0 radical (unpaired) electrons. The van der Waals surface area contributed by atoms with Crippen LogP contribution in [0.5, 0.6) is 0 Å². The fourth-order valence-corrected chi connectivity index (χ4v) is 2.40. The number of hydrogen-bond donors (Lipinski definition) is 0. The maximum absolute atomic E-state index is 12.9. The summed E-state index contributed by atoms with van der Waals surface area (Å²) in [5.74, 6) is 0.926. The average Bonchev–Trinajstić information content (AvgIpc) is 2.68. The monoisotopic (exact) mass is 268 g/mol. The molecule has 1 heterocycles. The molecule has 2 atom stereocenters. The highest BCUT2D eigenvalue weighted by atomic mass is 19.4. The molecule has 0 bridgehead atoms. The second kappa shape index (κ2) is 4.76. The third-order valence-electron chi connectivity index (χ3n) is 3.78. The maximum Gasteiger partial charge on any atom is 0.417 e. The maximum atomic E-state index is 12.9. The fourth-order valence-electron chi connectivity index (χ4n) is 2.40. The van der Waals surface area contributed by atoms with Gasteiger partial charge in [-0.05, 0) is 30.0 Å². The molecule has 0 amide bonds. The topological polar surface area (TPSA) is 27.0 Å². The van der Waals surface area contributed by atoms with Crippen LogP contribution in [0, 0.1) is 23.2 Å². The van der Waals surface area contributed by atoms with Crippen molar-refractivity contribution in [3.63, 3.8) is 0 Å². The largest absolute Gasteiger partial charge is 0.417 e. The molecule has 0 aromatic heterocycles. The van der Waals surface area contributed by atoms with Crippen LogP contribution in [0.2, 0.25) is 0 Å². The van der Waals surface area contributed by atoms with Crippen molar-refractivity contribution in [2.45, 2.75) is 20.0 Å². The minimum Gasteiger partial charge on any atom is -0.371 e. The number of anilines is 1. The Morgan fingerprint density at radius 1 is 1.21 bits per heavy atom. The quantitative estimate of drug-likeness (QED) is 0.777. The van der Waals surface area contributed by atoms with Crippen molar-refractivity contribution >= 4 is 5.69 Å². The van der Waals surface area contributed by atoms with Gasteiger partial charge in [-0.1, -0.05) is 13.8 Å². The molecule has 2 rings (SSSR count). The number of nitriles is 1. The number of halogens is 3. The van der Waals surface area contributed by atoms with Crippen molar-refractivity contribution in [2.24, 2.45) is 11.8 Å². The van der Waals surface area contributed by atoms with Gasteiger partial charge >= 0.3 is 6.18 Å². The van der Waals surface area contributed by atoms with Crippen molar-refractivity contribution in [1.29, 1.82) is 5.26 Å². The van der Waals surface area contributed by atoms with E-state index in [1.165, 1.54) is 6.07 Å². The Morgan fingerprint density at radius 3 is 2.26 bits per heavy atom. The summed E-state index contributed by atoms with van der Waals surface area (Å²) in [5, 5.41) is 8.76. The van der Waals surface area contributed by atoms with Crippen LogP contribution in [0.3, 0.4) is 0 Å². The van der Waals surface area contributed by atoms with Gasteiger partial charge in [-0.2, -0.15) is 18.4 Å². The zero-order valence-electron chi connectivity index (χ0n) is 10.8. The summed E-state index contributed by atoms with van der Waals surface area (Å²) in [6.45, 7) is 5.70. The standard InChI is InChI=1S/C14H15F3N2/c1-9-7-19(8-10(9)2)12-4-3-11(6-18)13(5-12)14(15,16)17/h3-5,9-10H,7-8H2,1-2H3. The van der Waals surface area contributed by atoms with Crippen molar-refractivity contribution < 1.29 is 13.2 Å². The minimum absolute atomic E-state index is 0.323. The second-order valence-electron chi connectivity index (χ2n) is 5.20. The van der Waals surface area contributed by atoms with Crippen LogP contribution in [-0.4, -0.2) is 13.1 Å². The van der Waals surface area contributed by atoms with E-state index in [1.807, 2.05) is 4.90 Å². The summed E-state index contributed by atoms with van der Waals surface area (Å²) in [6, 6.07) is 5.54. The van der Waals surface area contributed by atoms with Gasteiger partial charge < -0.3 is 4.90 Å². The SMILES string of the molecule is CC1CN(c2ccc(C#N)c(C(F)(F)F)c2)CC1C. The third kappa shape index (κ3) is 2.67. The van der Waals surface area contributed by atoms with Crippen LogP contribution in [0.15, 0.2) is 18.2 Å². The first-order valence-corrected chi connectivity index (χ1v) is 6.19. The molecule has 1 aromatic carbocycles. The molecule has 19 heavy (non-hydrogen) atoms. The van der Waals surface area contributed by atoms with Crippen LogP contribution in [0.25, 0.3) is 0 Å². The number of hydrogen-bond acceptors (Lipinski definition) is 2. The Morgan fingerprint density at radius 2 is 1.79 bits per heavy atom. The number of alkyl halides is 3. The summed E-state index contributed by atoms with van der Waals surface area (Å²) in [4.78, 5) is 1.95. The summed E-state index contributed by atoms with van der Waals surface area (Å²) in [5.41, 5.74) is -0.626. The molecule has 1 saturated heterocycles. The summed E-state index contributed by atoms with van der Waals surface area (Å²) < 4.78 is 38.7. The summed E-state index contributed by atoms with van der Waals surface area (Å²) in [6.07, 6.45) is -4.49. The third-order valence-corrected chi connectivity index (χ3v) is 3.78. The van der Waals surface area contributed by atoms with E-state index in [0.29, 0.717) is 17.5 Å². The lowest BCUT2D eigenvalue weighted by Gasteiger charge is -2.20. The predicted octanol–water partition coefficient (Wildman–Crippen LogP) is 3.67. The van der Waals surface area contributed by atoms with Gasteiger partial charge in [0.15, 0.2) is 0 Å². The normalized spacial score (nSPS) is 23.5. The molecule has 1 aromatic rings. The Kier molecular flexibility index (Phi) is 3.44. The van der Waals surface area contributed by atoms with E-state index in [-0.39, 0.29) is 5.56 Å². The van der Waals surface area contributed by atoms with Gasteiger partial charge in [0, 0.05) is 18.8 Å². The molecule has 102 valence electrons. The molecule has 0 N–H and O–H groups in total.